The summed E-state index contributed by atoms with van der Waals surface area (Å²) in [6.07, 6.45) is 1.63. The molecule has 1 saturated heterocycles. The van der Waals surface area contributed by atoms with E-state index in [1.54, 1.807) is 43.5 Å². The predicted octanol–water partition coefficient (Wildman–Crippen LogP) is 4.07. The Balaban J connectivity index is 1.87. The molecule has 0 spiro atoms. The van der Waals surface area contributed by atoms with Gasteiger partial charge in [-0.25, -0.2) is 0 Å². The number of amides is 1. The number of nitrogens with zero attached hydrogens (tertiary/aromatic N) is 2. The summed E-state index contributed by atoms with van der Waals surface area (Å²) in [6.45, 7) is 0. The predicted molar refractivity (Wildman–Crippen MR) is 99.6 cm³/mol. The van der Waals surface area contributed by atoms with Crippen molar-refractivity contribution >= 4 is 62.3 Å². The fourth-order valence-electron chi connectivity index (χ4n) is 2.07. The van der Waals surface area contributed by atoms with E-state index >= 15 is 0 Å². The van der Waals surface area contributed by atoms with Gasteiger partial charge in [-0.05, 0) is 36.4 Å². The van der Waals surface area contributed by atoms with Gasteiger partial charge in [-0.15, -0.1) is 0 Å². The highest BCUT2D eigenvalue weighted by molar-refractivity contribution is 8.27. The quantitative estimate of drug-likeness (QED) is 0.346. The number of thiocarbonyl (C=S) groups is 1. The zero-order valence-corrected chi connectivity index (χ0v) is 14.7. The van der Waals surface area contributed by atoms with Crippen molar-refractivity contribution in [1.29, 1.82) is 0 Å². The maximum absolute atomic E-state index is 12.6. The third-order valence-corrected chi connectivity index (χ3v) is 5.48. The molecule has 3 rings (SSSR count). The van der Waals surface area contributed by atoms with Crippen molar-refractivity contribution in [2.75, 3.05) is 12.0 Å². The molecule has 2 aromatic rings. The van der Waals surface area contributed by atoms with E-state index in [2.05, 4.69) is 0 Å². The van der Waals surface area contributed by atoms with Gasteiger partial charge in [-0.1, -0.05) is 35.3 Å². The Labute approximate surface area is 150 Å². The summed E-state index contributed by atoms with van der Waals surface area (Å²) < 4.78 is 5.52. The highest BCUT2D eigenvalue weighted by Gasteiger charge is 2.33. The molecule has 122 valence electrons. The van der Waals surface area contributed by atoms with Crippen LogP contribution >= 0.6 is 35.3 Å². The van der Waals surface area contributed by atoms with Crippen molar-refractivity contribution in [1.82, 2.24) is 0 Å². The van der Waals surface area contributed by atoms with Gasteiger partial charge in [0.1, 0.15) is 5.75 Å². The number of thioether (sulfide) groups is 1. The van der Waals surface area contributed by atoms with E-state index in [0.29, 0.717) is 25.5 Å². The van der Waals surface area contributed by atoms with Crippen molar-refractivity contribution in [2.45, 2.75) is 0 Å². The summed E-state index contributed by atoms with van der Waals surface area (Å²) in [4.78, 5) is 25.4. The van der Waals surface area contributed by atoms with Gasteiger partial charge < -0.3 is 4.74 Å². The van der Waals surface area contributed by atoms with Crippen molar-refractivity contribution < 1.29 is 14.5 Å². The number of hydrogen-bond acceptors (Lipinski definition) is 7. The van der Waals surface area contributed by atoms with Gasteiger partial charge >= 0.3 is 5.00 Å². The number of nitro groups is 1. The Morgan fingerprint density at radius 3 is 2.54 bits per heavy atom. The van der Waals surface area contributed by atoms with Gasteiger partial charge in [0.25, 0.3) is 5.91 Å². The normalized spacial score (nSPS) is 16.0. The van der Waals surface area contributed by atoms with Gasteiger partial charge in [0.15, 0.2) is 4.32 Å². The van der Waals surface area contributed by atoms with Crippen LogP contribution in [0, 0.1) is 10.1 Å². The second-order valence-electron chi connectivity index (χ2n) is 4.65. The number of benzene rings is 1. The lowest BCUT2D eigenvalue weighted by atomic mass is 10.2. The van der Waals surface area contributed by atoms with Gasteiger partial charge in [-0.3, -0.25) is 19.8 Å². The molecule has 24 heavy (non-hydrogen) atoms. The van der Waals surface area contributed by atoms with E-state index in [1.807, 2.05) is 0 Å². The number of methoxy groups -OCH3 is 1. The van der Waals surface area contributed by atoms with E-state index in [0.717, 1.165) is 11.3 Å². The zero-order valence-electron chi connectivity index (χ0n) is 12.3. The molecular formula is C15H10N2O4S3. The molecule has 0 atom stereocenters. The highest BCUT2D eigenvalue weighted by atomic mass is 32.2. The molecule has 1 aliphatic rings. The Morgan fingerprint density at radius 1 is 1.25 bits per heavy atom. The monoisotopic (exact) mass is 378 g/mol. The minimum absolute atomic E-state index is 0.0342. The largest absolute Gasteiger partial charge is 0.497 e. The van der Waals surface area contributed by atoms with Crippen LogP contribution in [0.3, 0.4) is 0 Å². The minimum atomic E-state index is -0.454. The molecule has 0 N–H and O–H groups in total. The first-order chi connectivity index (χ1) is 11.5. The summed E-state index contributed by atoms with van der Waals surface area (Å²) in [5.41, 5.74) is 0.652. The Hall–Kier alpha value is -2.23. The second kappa shape index (κ2) is 6.71. The topological polar surface area (TPSA) is 72.7 Å². The molecule has 1 amide bonds. The third kappa shape index (κ3) is 3.18. The van der Waals surface area contributed by atoms with Crippen LogP contribution in [-0.4, -0.2) is 22.3 Å². The van der Waals surface area contributed by atoms with Gasteiger partial charge in [0, 0.05) is 10.9 Å². The number of rotatable bonds is 4. The Bertz CT molecular complexity index is 858. The van der Waals surface area contributed by atoms with Crippen LogP contribution in [0.1, 0.15) is 4.88 Å². The van der Waals surface area contributed by atoms with Crippen LogP contribution in [-0.2, 0) is 4.79 Å². The molecule has 0 radical (unpaired) electrons. The molecule has 0 bridgehead atoms. The Kier molecular flexibility index (Phi) is 4.65. The van der Waals surface area contributed by atoms with Gasteiger partial charge in [0.05, 0.1) is 22.6 Å². The minimum Gasteiger partial charge on any atom is -0.497 e. The van der Waals surface area contributed by atoms with E-state index in [-0.39, 0.29) is 10.9 Å². The van der Waals surface area contributed by atoms with Crippen LogP contribution in [0.15, 0.2) is 41.3 Å². The van der Waals surface area contributed by atoms with Gasteiger partial charge in [0.2, 0.25) is 0 Å². The van der Waals surface area contributed by atoms with E-state index < -0.39 is 4.92 Å². The van der Waals surface area contributed by atoms with Crippen LogP contribution in [0.4, 0.5) is 10.7 Å². The molecule has 2 heterocycles. The zero-order chi connectivity index (χ0) is 17.3. The number of thiophene rings is 1. The summed E-state index contributed by atoms with van der Waals surface area (Å²) in [6, 6.07) is 10.0. The van der Waals surface area contributed by atoms with E-state index in [9.17, 15) is 14.9 Å². The van der Waals surface area contributed by atoms with Crippen LogP contribution in [0.2, 0.25) is 0 Å². The molecule has 1 aromatic heterocycles. The Morgan fingerprint density at radius 2 is 1.96 bits per heavy atom. The van der Waals surface area contributed by atoms with Crippen molar-refractivity contribution in [3.05, 3.63) is 56.3 Å². The smallest absolute Gasteiger partial charge is 0.324 e. The maximum atomic E-state index is 12.6. The number of ether oxygens (including phenoxy) is 1. The molecule has 9 heteroatoms. The molecule has 0 aliphatic carbocycles. The summed E-state index contributed by atoms with van der Waals surface area (Å²) in [5, 5.41) is 10.8. The number of carbonyl (C=O) groups is 1. The molecule has 0 saturated carbocycles. The average Bonchev–Trinajstić information content (AvgIpc) is 3.13. The number of hydrogen-bond donors (Lipinski definition) is 0. The first-order valence-corrected chi connectivity index (χ1v) is 8.70. The summed E-state index contributed by atoms with van der Waals surface area (Å²) in [5.74, 6) is 0.442. The lowest BCUT2D eigenvalue weighted by Crippen LogP contribution is -2.27. The van der Waals surface area contributed by atoms with E-state index in [4.69, 9.17) is 17.0 Å². The van der Waals surface area contributed by atoms with Crippen molar-refractivity contribution in [3.63, 3.8) is 0 Å². The third-order valence-electron chi connectivity index (χ3n) is 3.19. The fourth-order valence-corrected chi connectivity index (χ4v) is 4.20. The van der Waals surface area contributed by atoms with E-state index in [1.165, 1.54) is 22.7 Å². The summed E-state index contributed by atoms with van der Waals surface area (Å²) in [7, 11) is 1.57. The lowest BCUT2D eigenvalue weighted by molar-refractivity contribution is -0.380. The first kappa shape index (κ1) is 16.6. The summed E-state index contributed by atoms with van der Waals surface area (Å²) >= 11 is 7.48. The lowest BCUT2D eigenvalue weighted by Gasteiger charge is -2.14. The molecule has 1 fully saturated rings. The fraction of sp³-hybridized carbons (Fsp3) is 0.0667. The van der Waals surface area contributed by atoms with Gasteiger partial charge in [-0.2, -0.15) is 0 Å². The van der Waals surface area contributed by atoms with Crippen LogP contribution in [0.5, 0.6) is 5.75 Å². The maximum Gasteiger partial charge on any atom is 0.324 e. The number of carbonyl (C=O) groups excluding carboxylic acids is 1. The standard InChI is InChI=1S/C15H10N2O4S3/c1-21-10-4-2-9(3-5-10)16-14(18)12(24-15(16)22)8-11-6-7-13(23-11)17(19)20/h2-8H,1H3/b12-8-. The molecule has 1 aliphatic heterocycles. The van der Waals surface area contributed by atoms with Crippen molar-refractivity contribution in [3.8, 4) is 5.75 Å². The van der Waals surface area contributed by atoms with Crippen LogP contribution in [0.25, 0.3) is 6.08 Å². The SMILES string of the molecule is COc1ccc(N2C(=O)/C(=C/c3ccc([N+](=O)[O-])s3)SC2=S)cc1. The van der Waals surface area contributed by atoms with Crippen LogP contribution < -0.4 is 9.64 Å². The molecular weight excluding hydrogens is 368 g/mol. The second-order valence-corrected chi connectivity index (χ2v) is 7.42. The van der Waals surface area contributed by atoms with Crippen molar-refractivity contribution in [2.24, 2.45) is 0 Å². The molecule has 6 nitrogen and oxygen atoms in total. The highest BCUT2D eigenvalue weighted by Crippen LogP contribution is 2.37. The first-order valence-electron chi connectivity index (χ1n) is 6.66. The number of anilines is 1. The molecule has 0 unspecified atom stereocenters. The molecule has 1 aromatic carbocycles. The average molecular weight is 378 g/mol.